The van der Waals surface area contributed by atoms with E-state index in [1.807, 2.05) is 36.6 Å². The number of methoxy groups -OCH3 is 1. The Morgan fingerprint density at radius 1 is 1.37 bits per heavy atom. The minimum Gasteiger partial charge on any atom is -0.497 e. The molecular weight excluding hydrogens is 278 g/mol. The first-order valence-corrected chi connectivity index (χ1v) is 7.15. The molecule has 1 atom stereocenters. The molecule has 1 aromatic heterocycles. The number of hydrogen-bond acceptors (Lipinski definition) is 4. The van der Waals surface area contributed by atoms with Crippen molar-refractivity contribution in [3.05, 3.63) is 46.2 Å². The Kier molecular flexibility index (Phi) is 4.50. The molecule has 0 aliphatic heterocycles. The maximum atomic E-state index is 12.0. The van der Waals surface area contributed by atoms with Gasteiger partial charge in [-0.1, -0.05) is 12.1 Å². The molecule has 0 radical (unpaired) electrons. The summed E-state index contributed by atoms with van der Waals surface area (Å²) in [4.78, 5) is 13.5. The lowest BCUT2D eigenvalue weighted by atomic mass is 10.1. The van der Waals surface area contributed by atoms with Gasteiger partial charge >= 0.3 is 0 Å². The minimum absolute atomic E-state index is 0.0520. The second kappa shape index (κ2) is 6.12. The molecule has 0 fully saturated rings. The molecule has 0 aliphatic carbocycles. The summed E-state index contributed by atoms with van der Waals surface area (Å²) in [7, 11) is 1.63. The van der Waals surface area contributed by atoms with Gasteiger partial charge in [-0.25, -0.2) is 0 Å². The van der Waals surface area contributed by atoms with Crippen molar-refractivity contribution < 1.29 is 9.53 Å². The van der Waals surface area contributed by atoms with E-state index in [0.717, 1.165) is 16.2 Å². The smallest absolute Gasteiger partial charge is 0.261 e. The van der Waals surface area contributed by atoms with Crippen LogP contribution in [0.2, 0.25) is 0 Å². The fourth-order valence-corrected chi connectivity index (χ4v) is 2.74. The van der Waals surface area contributed by atoms with Gasteiger partial charge in [0.05, 0.1) is 18.0 Å². The molecule has 0 saturated carbocycles. The van der Waals surface area contributed by atoms with Crippen molar-refractivity contribution in [2.24, 2.45) is 0 Å². The van der Waals surface area contributed by atoms with Crippen molar-refractivity contribution in [1.82, 2.24) is 5.32 Å². The van der Waals surface area contributed by atoms with Gasteiger partial charge in [0.15, 0.2) is 0 Å². The SMILES string of the molecule is COc1ccc(C(C)NC(=O)c2cc(S)cs2)cc1. The van der Waals surface area contributed by atoms with Crippen molar-refractivity contribution in [2.75, 3.05) is 7.11 Å². The molecule has 0 bridgehead atoms. The molecule has 0 spiro atoms. The summed E-state index contributed by atoms with van der Waals surface area (Å²) in [6.45, 7) is 1.95. The number of carbonyl (C=O) groups is 1. The van der Waals surface area contributed by atoms with E-state index < -0.39 is 0 Å². The lowest BCUT2D eigenvalue weighted by Crippen LogP contribution is -2.25. The van der Waals surface area contributed by atoms with Crippen LogP contribution in [0.4, 0.5) is 0 Å². The topological polar surface area (TPSA) is 38.3 Å². The number of carbonyl (C=O) groups excluding carboxylic acids is 1. The van der Waals surface area contributed by atoms with E-state index in [1.54, 1.807) is 13.2 Å². The summed E-state index contributed by atoms with van der Waals surface area (Å²) >= 11 is 5.59. The largest absolute Gasteiger partial charge is 0.497 e. The predicted molar refractivity (Wildman–Crippen MR) is 80.4 cm³/mol. The zero-order chi connectivity index (χ0) is 13.8. The van der Waals surface area contributed by atoms with Crippen LogP contribution in [0.15, 0.2) is 40.6 Å². The number of benzene rings is 1. The molecule has 0 aliphatic rings. The van der Waals surface area contributed by atoms with Gasteiger partial charge in [-0.15, -0.1) is 24.0 Å². The number of ether oxygens (including phenoxy) is 1. The third-order valence-corrected chi connectivity index (χ3v) is 4.13. The van der Waals surface area contributed by atoms with E-state index in [-0.39, 0.29) is 11.9 Å². The van der Waals surface area contributed by atoms with Crippen LogP contribution >= 0.6 is 24.0 Å². The lowest BCUT2D eigenvalue weighted by molar-refractivity contribution is 0.0944. The standard InChI is InChI=1S/C14H15NO2S2/c1-9(10-3-5-11(17-2)6-4-10)15-14(16)13-7-12(18)8-19-13/h3-9,18H,1-2H3,(H,15,16). The number of thiol groups is 1. The quantitative estimate of drug-likeness (QED) is 0.846. The van der Waals surface area contributed by atoms with E-state index in [1.165, 1.54) is 11.3 Å². The summed E-state index contributed by atoms with van der Waals surface area (Å²) in [5, 5.41) is 4.80. The molecule has 1 unspecified atom stereocenters. The highest BCUT2D eigenvalue weighted by molar-refractivity contribution is 7.80. The van der Waals surface area contributed by atoms with Gasteiger partial charge in [0.2, 0.25) is 0 Å². The van der Waals surface area contributed by atoms with Crippen molar-refractivity contribution in [3.63, 3.8) is 0 Å². The molecule has 5 heteroatoms. The summed E-state index contributed by atoms with van der Waals surface area (Å²) in [5.74, 6) is 0.730. The minimum atomic E-state index is -0.0754. The third-order valence-electron chi connectivity index (χ3n) is 2.77. The van der Waals surface area contributed by atoms with Crippen molar-refractivity contribution in [1.29, 1.82) is 0 Å². The van der Waals surface area contributed by atoms with Crippen molar-refractivity contribution >= 4 is 29.9 Å². The predicted octanol–water partition coefficient (Wildman–Crippen LogP) is 3.54. The molecule has 2 rings (SSSR count). The fourth-order valence-electron chi connectivity index (χ4n) is 1.69. The molecule has 1 aromatic carbocycles. The lowest BCUT2D eigenvalue weighted by Gasteiger charge is -2.14. The van der Waals surface area contributed by atoms with E-state index in [0.29, 0.717) is 4.88 Å². The van der Waals surface area contributed by atoms with Crippen LogP contribution in [-0.2, 0) is 0 Å². The number of thiophene rings is 1. The molecule has 100 valence electrons. The average molecular weight is 293 g/mol. The molecule has 1 amide bonds. The van der Waals surface area contributed by atoms with Gasteiger partial charge in [0.25, 0.3) is 5.91 Å². The average Bonchev–Trinajstić information content (AvgIpc) is 2.85. The first-order chi connectivity index (χ1) is 9.10. The van der Waals surface area contributed by atoms with Crippen molar-refractivity contribution in [2.45, 2.75) is 17.9 Å². The van der Waals surface area contributed by atoms with Crippen LogP contribution < -0.4 is 10.1 Å². The number of rotatable bonds is 4. The summed E-state index contributed by atoms with van der Waals surface area (Å²) in [5.41, 5.74) is 1.04. The van der Waals surface area contributed by atoms with Crippen LogP contribution in [-0.4, -0.2) is 13.0 Å². The zero-order valence-electron chi connectivity index (χ0n) is 10.7. The van der Waals surface area contributed by atoms with E-state index in [9.17, 15) is 4.79 Å². The van der Waals surface area contributed by atoms with Crippen LogP contribution in [0.5, 0.6) is 5.75 Å². The zero-order valence-corrected chi connectivity index (χ0v) is 12.4. The van der Waals surface area contributed by atoms with Gasteiger partial charge in [0.1, 0.15) is 5.75 Å². The number of nitrogens with one attached hydrogen (secondary N) is 1. The summed E-state index contributed by atoms with van der Waals surface area (Å²) in [6, 6.07) is 9.38. The first kappa shape index (κ1) is 14.0. The number of hydrogen-bond donors (Lipinski definition) is 2. The van der Waals surface area contributed by atoms with E-state index in [4.69, 9.17) is 4.74 Å². The molecule has 1 heterocycles. The Balaban J connectivity index is 2.03. The van der Waals surface area contributed by atoms with Gasteiger partial charge in [-0.3, -0.25) is 4.79 Å². The third kappa shape index (κ3) is 3.52. The highest BCUT2D eigenvalue weighted by Crippen LogP contribution is 2.20. The Morgan fingerprint density at radius 2 is 2.05 bits per heavy atom. The highest BCUT2D eigenvalue weighted by atomic mass is 32.1. The summed E-state index contributed by atoms with van der Waals surface area (Å²) in [6.07, 6.45) is 0. The Morgan fingerprint density at radius 3 is 2.58 bits per heavy atom. The highest BCUT2D eigenvalue weighted by Gasteiger charge is 2.13. The molecular formula is C14H15NO2S2. The van der Waals surface area contributed by atoms with Crippen molar-refractivity contribution in [3.8, 4) is 5.75 Å². The van der Waals surface area contributed by atoms with Crippen LogP contribution in [0.25, 0.3) is 0 Å². The van der Waals surface area contributed by atoms with Gasteiger partial charge in [-0.2, -0.15) is 0 Å². The van der Waals surface area contributed by atoms with Gasteiger partial charge in [0, 0.05) is 10.3 Å². The molecule has 19 heavy (non-hydrogen) atoms. The monoisotopic (exact) mass is 293 g/mol. The second-order valence-corrected chi connectivity index (χ2v) is 5.57. The molecule has 1 N–H and O–H groups in total. The Labute approximate surface area is 122 Å². The normalized spacial score (nSPS) is 11.9. The van der Waals surface area contributed by atoms with Gasteiger partial charge in [-0.05, 0) is 30.7 Å². The van der Waals surface area contributed by atoms with Gasteiger partial charge < -0.3 is 10.1 Å². The summed E-state index contributed by atoms with van der Waals surface area (Å²) < 4.78 is 5.11. The number of amides is 1. The van der Waals surface area contributed by atoms with Crippen LogP contribution in [0.3, 0.4) is 0 Å². The maximum Gasteiger partial charge on any atom is 0.261 e. The first-order valence-electron chi connectivity index (χ1n) is 5.82. The molecule has 2 aromatic rings. The fraction of sp³-hybridized carbons (Fsp3) is 0.214. The van der Waals surface area contributed by atoms with E-state index >= 15 is 0 Å². The van der Waals surface area contributed by atoms with Crippen LogP contribution in [0, 0.1) is 0 Å². The Bertz CT molecular complexity index is 563. The maximum absolute atomic E-state index is 12.0. The molecule has 3 nitrogen and oxygen atoms in total. The second-order valence-electron chi connectivity index (χ2n) is 4.14. The van der Waals surface area contributed by atoms with Crippen LogP contribution in [0.1, 0.15) is 28.2 Å². The molecule has 0 saturated heterocycles. The van der Waals surface area contributed by atoms with E-state index in [2.05, 4.69) is 17.9 Å². The Hall–Kier alpha value is -1.46.